The van der Waals surface area contributed by atoms with E-state index in [0.29, 0.717) is 19.4 Å². The number of rotatable bonds is 9. The first kappa shape index (κ1) is 16.7. The van der Waals surface area contributed by atoms with Crippen LogP contribution in [-0.4, -0.2) is 35.7 Å². The summed E-state index contributed by atoms with van der Waals surface area (Å²) in [5.41, 5.74) is 5.34. The van der Waals surface area contributed by atoms with Gasteiger partial charge < -0.3 is 21.5 Å². The van der Waals surface area contributed by atoms with Crippen LogP contribution in [0.15, 0.2) is 0 Å². The summed E-state index contributed by atoms with van der Waals surface area (Å²) in [6.45, 7) is 4.46. The first-order chi connectivity index (χ1) is 8.51. The molecule has 6 heteroatoms. The van der Waals surface area contributed by atoms with Gasteiger partial charge in [-0.05, 0) is 39.2 Å². The van der Waals surface area contributed by atoms with Gasteiger partial charge >= 0.3 is 12.0 Å². The summed E-state index contributed by atoms with van der Waals surface area (Å²) < 4.78 is 0. The maximum atomic E-state index is 11.6. The third-order valence-corrected chi connectivity index (χ3v) is 2.65. The second kappa shape index (κ2) is 9.70. The van der Waals surface area contributed by atoms with Gasteiger partial charge in [0.1, 0.15) is 6.04 Å². The van der Waals surface area contributed by atoms with Gasteiger partial charge in [-0.1, -0.05) is 13.3 Å². The Kier molecular flexibility index (Phi) is 9.00. The van der Waals surface area contributed by atoms with Gasteiger partial charge in [0, 0.05) is 6.04 Å². The maximum Gasteiger partial charge on any atom is 0.326 e. The molecule has 0 radical (unpaired) electrons. The molecule has 1 unspecified atom stereocenters. The first-order valence-electron chi connectivity index (χ1n) is 6.51. The van der Waals surface area contributed by atoms with Crippen LogP contribution < -0.4 is 16.4 Å². The molecule has 0 aromatic heterocycles. The third-order valence-electron chi connectivity index (χ3n) is 2.65. The van der Waals surface area contributed by atoms with Crippen molar-refractivity contribution in [2.24, 2.45) is 5.73 Å². The number of nitrogens with two attached hydrogens (primary N) is 1. The molecule has 0 spiro atoms. The lowest BCUT2D eigenvalue weighted by Gasteiger charge is -2.18. The van der Waals surface area contributed by atoms with E-state index < -0.39 is 18.0 Å². The van der Waals surface area contributed by atoms with Crippen LogP contribution in [0.25, 0.3) is 0 Å². The van der Waals surface area contributed by atoms with Crippen molar-refractivity contribution in [3.63, 3.8) is 0 Å². The van der Waals surface area contributed by atoms with Crippen LogP contribution in [0, 0.1) is 0 Å². The Balaban J connectivity index is 4.07. The van der Waals surface area contributed by atoms with E-state index in [-0.39, 0.29) is 6.04 Å². The van der Waals surface area contributed by atoms with E-state index in [1.807, 2.05) is 13.8 Å². The summed E-state index contributed by atoms with van der Waals surface area (Å²) in [4.78, 5) is 22.5. The van der Waals surface area contributed by atoms with Crippen LogP contribution >= 0.6 is 0 Å². The largest absolute Gasteiger partial charge is 0.480 e. The molecule has 0 saturated heterocycles. The van der Waals surface area contributed by atoms with Gasteiger partial charge in [-0.25, -0.2) is 9.59 Å². The van der Waals surface area contributed by atoms with Crippen LogP contribution in [-0.2, 0) is 4.79 Å². The minimum Gasteiger partial charge on any atom is -0.480 e. The Morgan fingerprint density at radius 3 is 2.39 bits per heavy atom. The van der Waals surface area contributed by atoms with Crippen LogP contribution in [0.3, 0.4) is 0 Å². The highest BCUT2D eigenvalue weighted by molar-refractivity contribution is 5.82. The predicted octanol–water partition coefficient (Wildman–Crippen LogP) is 1.06. The zero-order valence-electron chi connectivity index (χ0n) is 11.2. The van der Waals surface area contributed by atoms with E-state index in [0.717, 1.165) is 19.3 Å². The number of carbonyl (C=O) groups excluding carboxylic acids is 1. The third kappa shape index (κ3) is 7.89. The van der Waals surface area contributed by atoms with Crippen molar-refractivity contribution in [3.8, 4) is 0 Å². The monoisotopic (exact) mass is 259 g/mol. The minimum atomic E-state index is -1.01. The average Bonchev–Trinajstić information content (AvgIpc) is 2.27. The van der Waals surface area contributed by atoms with Crippen LogP contribution in [0.5, 0.6) is 0 Å². The number of carbonyl (C=O) groups is 2. The molecule has 0 aliphatic heterocycles. The molecule has 0 rings (SSSR count). The molecular weight excluding hydrogens is 234 g/mol. The molecule has 0 fully saturated rings. The fourth-order valence-corrected chi connectivity index (χ4v) is 1.68. The summed E-state index contributed by atoms with van der Waals surface area (Å²) in [6.07, 6.45) is 3.71. The van der Waals surface area contributed by atoms with Crippen molar-refractivity contribution in [3.05, 3.63) is 0 Å². The van der Waals surface area contributed by atoms with E-state index in [1.54, 1.807) is 0 Å². The topological polar surface area (TPSA) is 104 Å². The second-order valence-electron chi connectivity index (χ2n) is 4.48. The number of urea groups is 1. The van der Waals surface area contributed by atoms with Gasteiger partial charge in [0.2, 0.25) is 0 Å². The van der Waals surface area contributed by atoms with Gasteiger partial charge in [-0.2, -0.15) is 0 Å². The van der Waals surface area contributed by atoms with Gasteiger partial charge in [0.05, 0.1) is 0 Å². The summed E-state index contributed by atoms with van der Waals surface area (Å²) in [5, 5.41) is 14.2. The Morgan fingerprint density at radius 2 is 1.89 bits per heavy atom. The lowest BCUT2D eigenvalue weighted by molar-refractivity contribution is -0.139. The Morgan fingerprint density at radius 1 is 1.22 bits per heavy atom. The summed E-state index contributed by atoms with van der Waals surface area (Å²) in [5.74, 6) is -1.01. The van der Waals surface area contributed by atoms with Crippen LogP contribution in [0.1, 0.15) is 46.0 Å². The molecule has 0 saturated carbocycles. The number of nitrogens with one attached hydrogen (secondary N) is 2. The highest BCUT2D eigenvalue weighted by atomic mass is 16.4. The molecule has 0 aliphatic carbocycles. The minimum absolute atomic E-state index is 0.0495. The number of aliphatic carboxylic acids is 1. The zero-order valence-corrected chi connectivity index (χ0v) is 11.2. The number of hydrogen-bond acceptors (Lipinski definition) is 3. The molecule has 5 N–H and O–H groups in total. The maximum absolute atomic E-state index is 11.6. The van der Waals surface area contributed by atoms with E-state index >= 15 is 0 Å². The van der Waals surface area contributed by atoms with Crippen molar-refractivity contribution >= 4 is 12.0 Å². The number of hydrogen-bond donors (Lipinski definition) is 4. The van der Waals surface area contributed by atoms with Gasteiger partial charge in [-0.3, -0.25) is 0 Å². The van der Waals surface area contributed by atoms with E-state index in [9.17, 15) is 9.59 Å². The summed E-state index contributed by atoms with van der Waals surface area (Å²) in [6, 6.07) is -1.21. The van der Waals surface area contributed by atoms with Crippen LogP contribution in [0.4, 0.5) is 4.79 Å². The van der Waals surface area contributed by atoms with Gasteiger partial charge in [-0.15, -0.1) is 0 Å². The molecule has 0 heterocycles. The van der Waals surface area contributed by atoms with E-state index in [1.165, 1.54) is 0 Å². The molecule has 6 nitrogen and oxygen atoms in total. The Hall–Kier alpha value is -1.30. The van der Waals surface area contributed by atoms with E-state index in [2.05, 4.69) is 10.6 Å². The van der Waals surface area contributed by atoms with E-state index in [4.69, 9.17) is 10.8 Å². The molecule has 106 valence electrons. The van der Waals surface area contributed by atoms with Gasteiger partial charge in [0.15, 0.2) is 0 Å². The number of amides is 2. The van der Waals surface area contributed by atoms with Crippen molar-refractivity contribution < 1.29 is 14.7 Å². The molecule has 0 bridgehead atoms. The predicted molar refractivity (Wildman–Crippen MR) is 70.4 cm³/mol. The zero-order chi connectivity index (χ0) is 14.0. The van der Waals surface area contributed by atoms with Crippen molar-refractivity contribution in [1.82, 2.24) is 10.6 Å². The molecule has 2 amide bonds. The molecular formula is C12H25N3O3. The second-order valence-corrected chi connectivity index (χ2v) is 4.48. The van der Waals surface area contributed by atoms with Crippen molar-refractivity contribution in [1.29, 1.82) is 0 Å². The van der Waals surface area contributed by atoms with Crippen molar-refractivity contribution in [2.75, 3.05) is 6.54 Å². The molecule has 0 aromatic carbocycles. The average molecular weight is 259 g/mol. The molecule has 0 aliphatic rings. The Labute approximate surface area is 108 Å². The summed E-state index contributed by atoms with van der Waals surface area (Å²) >= 11 is 0. The number of carboxylic acids is 1. The molecule has 2 atom stereocenters. The van der Waals surface area contributed by atoms with Crippen molar-refractivity contribution in [2.45, 2.75) is 58.0 Å². The SMILES string of the molecule is CCCC(C)NC(=O)N[C@@H](CCCCN)C(=O)O. The molecule has 0 aromatic rings. The highest BCUT2D eigenvalue weighted by Gasteiger charge is 2.19. The quantitative estimate of drug-likeness (QED) is 0.465. The first-order valence-corrected chi connectivity index (χ1v) is 6.51. The van der Waals surface area contributed by atoms with Crippen LogP contribution in [0.2, 0.25) is 0 Å². The summed E-state index contributed by atoms with van der Waals surface area (Å²) in [7, 11) is 0. The normalized spacial score (nSPS) is 13.7. The Bertz CT molecular complexity index is 259. The lowest BCUT2D eigenvalue weighted by atomic mass is 10.1. The lowest BCUT2D eigenvalue weighted by Crippen LogP contribution is -2.48. The molecule has 18 heavy (non-hydrogen) atoms. The fourth-order valence-electron chi connectivity index (χ4n) is 1.68. The highest BCUT2D eigenvalue weighted by Crippen LogP contribution is 2.01. The number of carboxylic acid groups (broad SMARTS) is 1. The fraction of sp³-hybridized carbons (Fsp3) is 0.833. The standard InChI is InChI=1S/C12H25N3O3/c1-3-6-9(2)14-12(18)15-10(11(16)17)7-4-5-8-13/h9-10H,3-8,13H2,1-2H3,(H,16,17)(H2,14,15,18)/t9?,10-/m0/s1. The smallest absolute Gasteiger partial charge is 0.326 e. The number of unbranched alkanes of at least 4 members (excludes halogenated alkanes) is 1. The van der Waals surface area contributed by atoms with Gasteiger partial charge in [0.25, 0.3) is 0 Å².